The predicted molar refractivity (Wildman–Crippen MR) is 164 cm³/mol. The third kappa shape index (κ3) is 5.63. The van der Waals surface area contributed by atoms with Crippen LogP contribution in [-0.4, -0.2) is 39.8 Å². The van der Waals surface area contributed by atoms with Crippen LogP contribution in [0.25, 0.3) is 32.2 Å². The highest BCUT2D eigenvalue weighted by atomic mass is 32.1. The third-order valence-electron chi connectivity index (χ3n) is 7.83. The second-order valence-electron chi connectivity index (χ2n) is 10.8. The van der Waals surface area contributed by atoms with Crippen molar-refractivity contribution in [2.45, 2.75) is 61.2 Å². The van der Waals surface area contributed by atoms with Gasteiger partial charge in [-0.05, 0) is 23.0 Å². The van der Waals surface area contributed by atoms with Crippen molar-refractivity contribution in [1.29, 1.82) is 5.26 Å². The highest BCUT2D eigenvalue weighted by Gasteiger charge is 2.33. The number of nitrogens with two attached hydrogens (primary N) is 1. The van der Waals surface area contributed by atoms with Crippen molar-refractivity contribution in [1.82, 2.24) is 15.0 Å². The molecule has 2 aliphatic rings. The fraction of sp³-hybridized carbons (Fsp3) is 0.484. The van der Waals surface area contributed by atoms with Crippen molar-refractivity contribution < 1.29 is 18.6 Å². The fourth-order valence-corrected chi connectivity index (χ4v) is 6.05. The topological polar surface area (TPSA) is 121 Å². The number of hydrogen-bond donors (Lipinski definition) is 2. The van der Waals surface area contributed by atoms with E-state index < -0.39 is 11.6 Å². The summed E-state index contributed by atoms with van der Waals surface area (Å²) < 4.78 is 36.7. The minimum Gasteiger partial charge on any atom is -0.396 e. The number of aliphatic hydroxyl groups is 1. The van der Waals surface area contributed by atoms with E-state index in [1.54, 1.807) is 6.20 Å². The number of ether oxygens (including phenoxy) is 1. The van der Waals surface area contributed by atoms with Crippen LogP contribution in [0.1, 0.15) is 64.7 Å². The lowest BCUT2D eigenvalue weighted by molar-refractivity contribution is 0.135. The molecule has 0 amide bonds. The van der Waals surface area contributed by atoms with Gasteiger partial charge < -0.3 is 20.5 Å². The largest absolute Gasteiger partial charge is 0.396 e. The fourth-order valence-electron chi connectivity index (χ4n) is 5.13. The first kappa shape index (κ1) is 31.5. The number of nitriles is 1. The standard InChI is InChI=1S/C24H20F2N6O2S.C5H12.C2H6/c1-10-5-32(6-11(10)7-33)24-30-3-13-14-8-34-9-15(14)17(19(26)20(13)31-24)21-18-12(2-27)23(28)35-22(18)16(25)4-29-21;1-4-5(2)3;1-2/h3-4,10-11,33H,5-9,28H2,1H3;5H,4H2,1-3H3;1-2H3. The summed E-state index contributed by atoms with van der Waals surface area (Å²) in [4.78, 5) is 15.2. The molecule has 0 saturated carbocycles. The van der Waals surface area contributed by atoms with E-state index in [0.29, 0.717) is 30.0 Å². The Hall–Kier alpha value is -3.46. The van der Waals surface area contributed by atoms with E-state index in [1.807, 2.05) is 24.8 Å². The maximum absolute atomic E-state index is 16.3. The van der Waals surface area contributed by atoms with Gasteiger partial charge in [0.15, 0.2) is 11.6 Å². The van der Waals surface area contributed by atoms with E-state index in [-0.39, 0.29) is 69.1 Å². The molecule has 4 aromatic rings. The van der Waals surface area contributed by atoms with Crippen LogP contribution < -0.4 is 10.6 Å². The normalized spacial score (nSPS) is 17.6. The van der Waals surface area contributed by atoms with Crippen LogP contribution >= 0.6 is 11.3 Å². The number of aliphatic hydroxyl groups excluding tert-OH is 1. The molecule has 1 fully saturated rings. The van der Waals surface area contributed by atoms with Crippen LogP contribution in [0.3, 0.4) is 0 Å². The molecular formula is C31H38F2N6O2S. The maximum Gasteiger partial charge on any atom is 0.225 e. The zero-order chi connectivity index (χ0) is 30.7. The molecule has 1 saturated heterocycles. The zero-order valence-electron chi connectivity index (χ0n) is 25.0. The number of aromatic nitrogens is 3. The molecule has 8 nitrogen and oxygen atoms in total. The van der Waals surface area contributed by atoms with Gasteiger partial charge in [0.2, 0.25) is 5.95 Å². The van der Waals surface area contributed by atoms with Crippen molar-refractivity contribution in [2.75, 3.05) is 30.3 Å². The van der Waals surface area contributed by atoms with Gasteiger partial charge in [-0.2, -0.15) is 5.26 Å². The van der Waals surface area contributed by atoms with E-state index in [0.717, 1.165) is 29.0 Å². The van der Waals surface area contributed by atoms with Gasteiger partial charge >= 0.3 is 0 Å². The minimum absolute atomic E-state index is 0.0613. The van der Waals surface area contributed by atoms with Crippen molar-refractivity contribution in [3.8, 4) is 17.3 Å². The Labute approximate surface area is 249 Å². The van der Waals surface area contributed by atoms with Crippen molar-refractivity contribution >= 4 is 43.3 Å². The molecule has 11 heteroatoms. The lowest BCUT2D eigenvalue weighted by Crippen LogP contribution is -2.23. The zero-order valence-corrected chi connectivity index (χ0v) is 25.8. The van der Waals surface area contributed by atoms with Gasteiger partial charge in [-0.1, -0.05) is 48.0 Å². The molecule has 224 valence electrons. The number of fused-ring (bicyclic) bond motifs is 4. The number of pyridine rings is 1. The van der Waals surface area contributed by atoms with Crippen molar-refractivity contribution in [2.24, 2.45) is 17.8 Å². The van der Waals surface area contributed by atoms with E-state index in [9.17, 15) is 14.8 Å². The maximum atomic E-state index is 16.3. The average Bonchev–Trinajstić information content (AvgIpc) is 3.72. The van der Waals surface area contributed by atoms with Gasteiger partial charge in [0.1, 0.15) is 16.6 Å². The number of anilines is 2. The monoisotopic (exact) mass is 596 g/mol. The molecule has 42 heavy (non-hydrogen) atoms. The first-order valence-electron chi connectivity index (χ1n) is 14.4. The summed E-state index contributed by atoms with van der Waals surface area (Å²) >= 11 is 0.937. The first-order chi connectivity index (χ1) is 20.2. The summed E-state index contributed by atoms with van der Waals surface area (Å²) in [7, 11) is 0. The average molecular weight is 597 g/mol. The molecule has 0 bridgehead atoms. The van der Waals surface area contributed by atoms with Crippen LogP contribution in [-0.2, 0) is 18.0 Å². The molecule has 6 rings (SSSR count). The summed E-state index contributed by atoms with van der Waals surface area (Å²) in [6, 6.07) is 2.01. The summed E-state index contributed by atoms with van der Waals surface area (Å²) in [5.74, 6) is 0.343. The third-order valence-corrected chi connectivity index (χ3v) is 8.86. The molecule has 3 aromatic heterocycles. The second kappa shape index (κ2) is 13.2. The lowest BCUT2D eigenvalue weighted by Gasteiger charge is -2.18. The molecule has 0 radical (unpaired) electrons. The Kier molecular flexibility index (Phi) is 9.92. The van der Waals surface area contributed by atoms with Gasteiger partial charge in [0.05, 0.1) is 35.4 Å². The molecule has 1 aromatic carbocycles. The highest BCUT2D eigenvalue weighted by Crippen LogP contribution is 2.45. The van der Waals surface area contributed by atoms with Gasteiger partial charge in [-0.25, -0.2) is 18.7 Å². The number of nitrogen functional groups attached to an aromatic ring is 1. The van der Waals surface area contributed by atoms with E-state index in [4.69, 9.17) is 10.5 Å². The quantitative estimate of drug-likeness (QED) is 0.264. The number of hydrogen-bond acceptors (Lipinski definition) is 9. The Balaban J connectivity index is 0.000000526. The summed E-state index contributed by atoms with van der Waals surface area (Å²) in [6.45, 7) is 14.4. The Bertz CT molecular complexity index is 1630. The number of benzene rings is 1. The minimum atomic E-state index is -0.632. The summed E-state index contributed by atoms with van der Waals surface area (Å²) in [5.41, 5.74) is 7.76. The SMILES string of the molecule is CC.CC1CN(c2ncc3c4c(c(-c5ncc(F)c6sc(N)c(C#N)c56)c(F)c3n2)COC4)CC1CO.CCC(C)C. The van der Waals surface area contributed by atoms with Crippen LogP contribution in [0, 0.1) is 40.7 Å². The van der Waals surface area contributed by atoms with Gasteiger partial charge in [-0.15, -0.1) is 11.3 Å². The van der Waals surface area contributed by atoms with Crippen molar-refractivity contribution in [3.05, 3.63) is 40.7 Å². The smallest absolute Gasteiger partial charge is 0.225 e. The molecule has 0 spiro atoms. The molecule has 3 N–H and O–H groups in total. The summed E-state index contributed by atoms with van der Waals surface area (Å²) in [5, 5.41) is 20.2. The Morgan fingerprint density at radius 2 is 1.88 bits per heavy atom. The molecule has 2 atom stereocenters. The second-order valence-corrected chi connectivity index (χ2v) is 11.9. The Morgan fingerprint density at radius 1 is 1.19 bits per heavy atom. The van der Waals surface area contributed by atoms with E-state index in [2.05, 4.69) is 42.6 Å². The van der Waals surface area contributed by atoms with Crippen LogP contribution in [0.5, 0.6) is 0 Å². The molecule has 5 heterocycles. The lowest BCUT2D eigenvalue weighted by atomic mass is 9.94. The van der Waals surface area contributed by atoms with Crippen LogP contribution in [0.2, 0.25) is 0 Å². The van der Waals surface area contributed by atoms with E-state index >= 15 is 4.39 Å². The molecular weight excluding hydrogens is 558 g/mol. The number of rotatable bonds is 4. The molecule has 2 unspecified atom stereocenters. The van der Waals surface area contributed by atoms with Crippen LogP contribution in [0.4, 0.5) is 19.7 Å². The first-order valence-corrected chi connectivity index (χ1v) is 15.2. The number of halogens is 2. The predicted octanol–water partition coefficient (Wildman–Crippen LogP) is 6.81. The van der Waals surface area contributed by atoms with E-state index in [1.165, 1.54) is 6.42 Å². The number of nitrogens with zero attached hydrogens (tertiary/aromatic N) is 5. The van der Waals surface area contributed by atoms with Crippen molar-refractivity contribution in [3.63, 3.8) is 0 Å². The molecule has 0 aliphatic carbocycles. The molecule has 2 aliphatic heterocycles. The van der Waals surface area contributed by atoms with Crippen LogP contribution in [0.15, 0.2) is 12.4 Å². The summed E-state index contributed by atoms with van der Waals surface area (Å²) in [6.07, 6.45) is 3.93. The van der Waals surface area contributed by atoms with Gasteiger partial charge in [0, 0.05) is 48.1 Å². The number of thiophene rings is 1. The Morgan fingerprint density at radius 3 is 2.50 bits per heavy atom. The highest BCUT2D eigenvalue weighted by molar-refractivity contribution is 7.23. The van der Waals surface area contributed by atoms with Gasteiger partial charge in [0.25, 0.3) is 0 Å². The van der Waals surface area contributed by atoms with Gasteiger partial charge in [-0.3, -0.25) is 4.98 Å².